The molecule has 1 rings (SSSR count). The minimum Gasteiger partial charge on any atom is -0.348 e. The summed E-state index contributed by atoms with van der Waals surface area (Å²) >= 11 is 0. The summed E-state index contributed by atoms with van der Waals surface area (Å²) in [5.41, 5.74) is 6.25. The third-order valence-corrected chi connectivity index (χ3v) is 2.37. The summed E-state index contributed by atoms with van der Waals surface area (Å²) in [4.78, 5) is 15.7. The van der Waals surface area contributed by atoms with E-state index in [-0.39, 0.29) is 11.9 Å². The Kier molecular flexibility index (Phi) is 5.50. The lowest BCUT2D eigenvalue weighted by molar-refractivity contribution is -0.121. The quantitative estimate of drug-likeness (QED) is 0.713. The summed E-state index contributed by atoms with van der Waals surface area (Å²) in [5.74, 6) is 0.0617. The van der Waals surface area contributed by atoms with E-state index in [1.54, 1.807) is 6.20 Å². The zero-order valence-corrected chi connectivity index (χ0v) is 9.65. The van der Waals surface area contributed by atoms with E-state index >= 15 is 0 Å². The number of carbonyl (C=O) groups is 1. The summed E-state index contributed by atoms with van der Waals surface area (Å²) in [7, 11) is 0. The lowest BCUT2D eigenvalue weighted by Gasteiger charge is -2.12. The van der Waals surface area contributed by atoms with Crippen LogP contribution < -0.4 is 11.1 Å². The Balaban J connectivity index is 2.34. The van der Waals surface area contributed by atoms with Gasteiger partial charge in [0.25, 0.3) is 0 Å². The van der Waals surface area contributed by atoms with Gasteiger partial charge in [-0.3, -0.25) is 9.78 Å². The van der Waals surface area contributed by atoms with Gasteiger partial charge in [-0.05, 0) is 38.4 Å². The van der Waals surface area contributed by atoms with E-state index in [9.17, 15) is 4.79 Å². The second-order valence-electron chi connectivity index (χ2n) is 3.79. The van der Waals surface area contributed by atoms with Gasteiger partial charge in [-0.25, -0.2) is 0 Å². The molecule has 4 nitrogen and oxygen atoms in total. The first-order valence-electron chi connectivity index (χ1n) is 5.64. The van der Waals surface area contributed by atoms with Crippen LogP contribution in [0.15, 0.2) is 24.4 Å². The zero-order valence-electron chi connectivity index (χ0n) is 9.65. The van der Waals surface area contributed by atoms with Gasteiger partial charge in [0.2, 0.25) is 5.91 Å². The minimum absolute atomic E-state index is 0.0356. The van der Waals surface area contributed by atoms with Gasteiger partial charge < -0.3 is 11.1 Å². The molecule has 0 aromatic carbocycles. The average Bonchev–Trinajstić information content (AvgIpc) is 2.30. The number of nitrogens with one attached hydrogen (secondary N) is 1. The number of nitrogens with two attached hydrogens (primary N) is 1. The van der Waals surface area contributed by atoms with Crippen LogP contribution in [0.2, 0.25) is 0 Å². The summed E-state index contributed by atoms with van der Waals surface area (Å²) in [6.07, 6.45) is 4.00. The minimum atomic E-state index is -0.0356. The molecule has 0 saturated carbocycles. The van der Waals surface area contributed by atoms with Crippen molar-refractivity contribution >= 4 is 5.91 Å². The number of amides is 1. The normalized spacial score (nSPS) is 12.1. The van der Waals surface area contributed by atoms with Gasteiger partial charge in [0.05, 0.1) is 11.7 Å². The Labute approximate surface area is 96.3 Å². The molecule has 0 radical (unpaired) electrons. The molecule has 0 aliphatic carbocycles. The van der Waals surface area contributed by atoms with Crippen molar-refractivity contribution in [3.8, 4) is 0 Å². The Morgan fingerprint density at radius 3 is 2.94 bits per heavy atom. The Hall–Kier alpha value is -1.42. The largest absolute Gasteiger partial charge is 0.348 e. The molecular formula is C12H19N3O. The van der Waals surface area contributed by atoms with E-state index in [0.717, 1.165) is 18.5 Å². The van der Waals surface area contributed by atoms with Crippen LogP contribution in [0, 0.1) is 0 Å². The monoisotopic (exact) mass is 221 g/mol. The molecular weight excluding hydrogens is 202 g/mol. The molecule has 1 heterocycles. The van der Waals surface area contributed by atoms with Crippen molar-refractivity contribution in [2.45, 2.75) is 32.2 Å². The van der Waals surface area contributed by atoms with E-state index < -0.39 is 0 Å². The Morgan fingerprint density at radius 2 is 2.31 bits per heavy atom. The number of nitrogens with zero attached hydrogens (tertiary/aromatic N) is 1. The third-order valence-electron chi connectivity index (χ3n) is 2.37. The molecule has 1 aromatic rings. The van der Waals surface area contributed by atoms with Gasteiger partial charge in [-0.1, -0.05) is 6.07 Å². The van der Waals surface area contributed by atoms with Crippen LogP contribution in [0.4, 0.5) is 0 Å². The molecule has 1 aromatic heterocycles. The molecule has 88 valence electrons. The molecule has 16 heavy (non-hydrogen) atoms. The zero-order chi connectivity index (χ0) is 11.8. The van der Waals surface area contributed by atoms with Crippen LogP contribution in [0.3, 0.4) is 0 Å². The molecule has 0 aliphatic rings. The highest BCUT2D eigenvalue weighted by Crippen LogP contribution is 2.08. The van der Waals surface area contributed by atoms with E-state index in [2.05, 4.69) is 10.3 Å². The van der Waals surface area contributed by atoms with Crippen molar-refractivity contribution in [1.82, 2.24) is 10.3 Å². The summed E-state index contributed by atoms with van der Waals surface area (Å²) in [5, 5.41) is 2.91. The summed E-state index contributed by atoms with van der Waals surface area (Å²) < 4.78 is 0. The van der Waals surface area contributed by atoms with Gasteiger partial charge in [-0.15, -0.1) is 0 Å². The first-order valence-corrected chi connectivity index (χ1v) is 5.64. The number of unbranched alkanes of at least 4 members (excludes halogenated alkanes) is 1. The summed E-state index contributed by atoms with van der Waals surface area (Å²) in [6, 6.07) is 5.65. The van der Waals surface area contributed by atoms with Crippen molar-refractivity contribution in [1.29, 1.82) is 0 Å². The van der Waals surface area contributed by atoms with Crippen LogP contribution in [0.5, 0.6) is 0 Å². The van der Waals surface area contributed by atoms with E-state index in [4.69, 9.17) is 5.73 Å². The van der Waals surface area contributed by atoms with Crippen LogP contribution in [0.1, 0.15) is 37.9 Å². The standard InChI is InChI=1S/C12H19N3O/c1-10(11-6-3-5-9-14-11)15-12(16)7-2-4-8-13/h3,5-6,9-10H,2,4,7-8,13H2,1H3,(H,15,16)/t10-/m0/s1. The molecule has 0 unspecified atom stereocenters. The Bertz CT molecular complexity index is 313. The van der Waals surface area contributed by atoms with Gasteiger partial charge in [-0.2, -0.15) is 0 Å². The third kappa shape index (κ3) is 4.40. The maximum absolute atomic E-state index is 11.5. The van der Waals surface area contributed by atoms with Gasteiger partial charge >= 0.3 is 0 Å². The van der Waals surface area contributed by atoms with Gasteiger partial charge in [0, 0.05) is 12.6 Å². The van der Waals surface area contributed by atoms with E-state index in [0.29, 0.717) is 13.0 Å². The molecule has 4 heteroatoms. The molecule has 0 fully saturated rings. The van der Waals surface area contributed by atoms with Crippen LogP contribution in [-0.4, -0.2) is 17.4 Å². The topological polar surface area (TPSA) is 68.0 Å². The van der Waals surface area contributed by atoms with Crippen molar-refractivity contribution in [3.63, 3.8) is 0 Å². The highest BCUT2D eigenvalue weighted by molar-refractivity contribution is 5.76. The molecule has 1 amide bonds. The van der Waals surface area contributed by atoms with E-state index in [1.165, 1.54) is 0 Å². The smallest absolute Gasteiger partial charge is 0.220 e. The molecule has 1 atom stereocenters. The van der Waals surface area contributed by atoms with Gasteiger partial charge in [0.15, 0.2) is 0 Å². The predicted molar refractivity (Wildman–Crippen MR) is 63.7 cm³/mol. The molecule has 3 N–H and O–H groups in total. The number of rotatable bonds is 6. The lowest BCUT2D eigenvalue weighted by Crippen LogP contribution is -2.26. The SMILES string of the molecule is C[C@H](NC(=O)CCCCN)c1ccccn1. The maximum atomic E-state index is 11.5. The van der Waals surface area contributed by atoms with Crippen molar-refractivity contribution < 1.29 is 4.79 Å². The average molecular weight is 221 g/mol. The van der Waals surface area contributed by atoms with Crippen LogP contribution in [-0.2, 0) is 4.79 Å². The van der Waals surface area contributed by atoms with Crippen LogP contribution >= 0.6 is 0 Å². The van der Waals surface area contributed by atoms with E-state index in [1.807, 2.05) is 25.1 Å². The molecule has 0 saturated heterocycles. The van der Waals surface area contributed by atoms with Crippen molar-refractivity contribution in [3.05, 3.63) is 30.1 Å². The van der Waals surface area contributed by atoms with Crippen molar-refractivity contribution in [2.24, 2.45) is 5.73 Å². The van der Waals surface area contributed by atoms with Gasteiger partial charge in [0.1, 0.15) is 0 Å². The first-order chi connectivity index (χ1) is 7.74. The fourth-order valence-corrected chi connectivity index (χ4v) is 1.45. The molecule has 0 spiro atoms. The number of carbonyl (C=O) groups excluding carboxylic acids is 1. The molecule has 0 aliphatic heterocycles. The number of hydrogen-bond acceptors (Lipinski definition) is 3. The second kappa shape index (κ2) is 6.95. The van der Waals surface area contributed by atoms with Crippen molar-refractivity contribution in [2.75, 3.05) is 6.54 Å². The number of hydrogen-bond donors (Lipinski definition) is 2. The van der Waals surface area contributed by atoms with Crippen LogP contribution in [0.25, 0.3) is 0 Å². The number of pyridine rings is 1. The number of aromatic nitrogens is 1. The second-order valence-corrected chi connectivity index (χ2v) is 3.79. The fraction of sp³-hybridized carbons (Fsp3) is 0.500. The highest BCUT2D eigenvalue weighted by Gasteiger charge is 2.09. The Morgan fingerprint density at radius 1 is 1.50 bits per heavy atom. The fourth-order valence-electron chi connectivity index (χ4n) is 1.45. The lowest BCUT2D eigenvalue weighted by atomic mass is 10.2. The first kappa shape index (κ1) is 12.6. The summed E-state index contributed by atoms with van der Waals surface area (Å²) in [6.45, 7) is 2.58. The highest BCUT2D eigenvalue weighted by atomic mass is 16.1. The molecule has 0 bridgehead atoms. The predicted octanol–water partition coefficient (Wildman–Crippen LogP) is 1.39. The maximum Gasteiger partial charge on any atom is 0.220 e.